The van der Waals surface area contributed by atoms with Gasteiger partial charge >= 0.3 is 0 Å². The lowest BCUT2D eigenvalue weighted by atomic mass is 10.2. The third kappa shape index (κ3) is 2.45. The average Bonchev–Trinajstić information content (AvgIpc) is 2.85. The van der Waals surface area contributed by atoms with Crippen LogP contribution in [0.5, 0.6) is 0 Å². The van der Waals surface area contributed by atoms with Crippen LogP contribution in [0.15, 0.2) is 22.9 Å². The predicted molar refractivity (Wildman–Crippen MR) is 66.7 cm³/mol. The van der Waals surface area contributed by atoms with Crippen LogP contribution in [-0.4, -0.2) is 11.5 Å². The number of nitrogens with one attached hydrogen (secondary N) is 1. The SMILES string of the molecule is CCNC(c1csc(C)n1)c1cccs1. The standard InChI is InChI=1S/C11H14N2S2/c1-3-12-11(10-5-4-6-14-10)9-7-15-8(2)13-9/h4-7,11-12H,3H2,1-2H3. The van der Waals surface area contributed by atoms with Crippen LogP contribution in [0.25, 0.3) is 0 Å². The Bertz CT molecular complexity index is 406. The van der Waals surface area contributed by atoms with E-state index in [2.05, 4.69) is 40.1 Å². The Morgan fingerprint density at radius 2 is 2.33 bits per heavy atom. The van der Waals surface area contributed by atoms with E-state index in [9.17, 15) is 0 Å². The van der Waals surface area contributed by atoms with Gasteiger partial charge in [-0.15, -0.1) is 22.7 Å². The van der Waals surface area contributed by atoms with Crippen molar-refractivity contribution in [3.05, 3.63) is 38.5 Å². The van der Waals surface area contributed by atoms with E-state index >= 15 is 0 Å². The summed E-state index contributed by atoms with van der Waals surface area (Å²) in [7, 11) is 0. The van der Waals surface area contributed by atoms with Gasteiger partial charge in [0.05, 0.1) is 16.7 Å². The molecule has 0 saturated carbocycles. The van der Waals surface area contributed by atoms with Gasteiger partial charge < -0.3 is 5.32 Å². The molecule has 4 heteroatoms. The van der Waals surface area contributed by atoms with E-state index in [1.807, 2.05) is 6.92 Å². The first-order valence-electron chi connectivity index (χ1n) is 5.00. The summed E-state index contributed by atoms with van der Waals surface area (Å²) in [4.78, 5) is 5.88. The molecule has 80 valence electrons. The molecular formula is C11H14N2S2. The van der Waals surface area contributed by atoms with Crippen LogP contribution < -0.4 is 5.32 Å². The van der Waals surface area contributed by atoms with Gasteiger partial charge in [0.1, 0.15) is 0 Å². The zero-order chi connectivity index (χ0) is 10.7. The molecule has 0 radical (unpaired) electrons. The second-order valence-electron chi connectivity index (χ2n) is 3.30. The summed E-state index contributed by atoms with van der Waals surface area (Å²) < 4.78 is 0. The van der Waals surface area contributed by atoms with Crippen LogP contribution in [0.4, 0.5) is 0 Å². The van der Waals surface area contributed by atoms with Gasteiger partial charge in [-0.2, -0.15) is 0 Å². The summed E-state index contributed by atoms with van der Waals surface area (Å²) in [6.45, 7) is 5.13. The molecule has 0 fully saturated rings. The van der Waals surface area contributed by atoms with Crippen molar-refractivity contribution in [3.63, 3.8) is 0 Å². The lowest BCUT2D eigenvalue weighted by molar-refractivity contribution is 0.626. The van der Waals surface area contributed by atoms with Crippen LogP contribution in [0.3, 0.4) is 0 Å². The van der Waals surface area contributed by atoms with Crippen LogP contribution in [0.1, 0.15) is 28.5 Å². The molecule has 0 aliphatic rings. The fourth-order valence-electron chi connectivity index (χ4n) is 1.52. The molecule has 0 aromatic carbocycles. The maximum atomic E-state index is 4.55. The summed E-state index contributed by atoms with van der Waals surface area (Å²) in [5.74, 6) is 0. The quantitative estimate of drug-likeness (QED) is 0.884. The van der Waals surface area contributed by atoms with Crippen molar-refractivity contribution in [2.75, 3.05) is 6.54 Å². The smallest absolute Gasteiger partial charge is 0.0898 e. The first-order chi connectivity index (χ1) is 7.31. The molecule has 0 bridgehead atoms. The molecule has 1 atom stereocenters. The maximum absolute atomic E-state index is 4.55. The Hall–Kier alpha value is -0.710. The van der Waals surface area contributed by atoms with E-state index in [0.717, 1.165) is 17.2 Å². The lowest BCUT2D eigenvalue weighted by Gasteiger charge is -2.13. The minimum Gasteiger partial charge on any atom is -0.305 e. The highest BCUT2D eigenvalue weighted by Crippen LogP contribution is 2.26. The lowest BCUT2D eigenvalue weighted by Crippen LogP contribution is -2.21. The molecule has 0 aliphatic carbocycles. The fraction of sp³-hybridized carbons (Fsp3) is 0.364. The topological polar surface area (TPSA) is 24.9 Å². The van der Waals surface area contributed by atoms with Crippen molar-refractivity contribution >= 4 is 22.7 Å². The number of thiazole rings is 1. The van der Waals surface area contributed by atoms with Crippen LogP contribution in [-0.2, 0) is 0 Å². The average molecular weight is 238 g/mol. The zero-order valence-corrected chi connectivity index (χ0v) is 10.5. The van der Waals surface area contributed by atoms with Crippen molar-refractivity contribution in [1.82, 2.24) is 10.3 Å². The molecule has 2 aromatic heterocycles. The molecule has 2 heterocycles. The predicted octanol–water partition coefficient (Wildman–Crippen LogP) is 3.21. The number of rotatable bonds is 4. The second kappa shape index (κ2) is 4.88. The van der Waals surface area contributed by atoms with E-state index in [1.54, 1.807) is 22.7 Å². The molecule has 1 N–H and O–H groups in total. The highest BCUT2D eigenvalue weighted by molar-refractivity contribution is 7.10. The van der Waals surface area contributed by atoms with Gasteiger partial charge in [-0.05, 0) is 24.9 Å². The van der Waals surface area contributed by atoms with E-state index in [-0.39, 0.29) is 6.04 Å². The molecule has 2 aromatic rings. The Balaban J connectivity index is 2.27. The van der Waals surface area contributed by atoms with Crippen LogP contribution >= 0.6 is 22.7 Å². The van der Waals surface area contributed by atoms with Crippen molar-refractivity contribution in [2.45, 2.75) is 19.9 Å². The monoisotopic (exact) mass is 238 g/mol. The number of nitrogens with zero attached hydrogens (tertiary/aromatic N) is 1. The summed E-state index contributed by atoms with van der Waals surface area (Å²) >= 11 is 3.49. The van der Waals surface area contributed by atoms with Crippen molar-refractivity contribution in [2.24, 2.45) is 0 Å². The van der Waals surface area contributed by atoms with Gasteiger partial charge in [-0.3, -0.25) is 0 Å². The molecule has 0 saturated heterocycles. The molecule has 0 aliphatic heterocycles. The highest BCUT2D eigenvalue weighted by Gasteiger charge is 2.16. The fourth-order valence-corrected chi connectivity index (χ4v) is 2.97. The van der Waals surface area contributed by atoms with Crippen LogP contribution in [0.2, 0.25) is 0 Å². The van der Waals surface area contributed by atoms with E-state index in [4.69, 9.17) is 0 Å². The van der Waals surface area contributed by atoms with Crippen molar-refractivity contribution < 1.29 is 0 Å². The Morgan fingerprint density at radius 1 is 1.47 bits per heavy atom. The first-order valence-corrected chi connectivity index (χ1v) is 6.76. The minimum absolute atomic E-state index is 0.264. The number of thiophene rings is 1. The third-order valence-corrected chi connectivity index (χ3v) is 3.90. The van der Waals surface area contributed by atoms with Gasteiger partial charge in [0.25, 0.3) is 0 Å². The number of aryl methyl sites for hydroxylation is 1. The van der Waals surface area contributed by atoms with Gasteiger partial charge in [0.15, 0.2) is 0 Å². The molecular weight excluding hydrogens is 224 g/mol. The van der Waals surface area contributed by atoms with Gasteiger partial charge in [-0.1, -0.05) is 13.0 Å². The highest BCUT2D eigenvalue weighted by atomic mass is 32.1. The third-order valence-electron chi connectivity index (χ3n) is 2.17. The Morgan fingerprint density at radius 3 is 2.87 bits per heavy atom. The van der Waals surface area contributed by atoms with E-state index < -0.39 is 0 Å². The number of hydrogen-bond donors (Lipinski definition) is 1. The molecule has 0 amide bonds. The van der Waals surface area contributed by atoms with Gasteiger partial charge in [0.2, 0.25) is 0 Å². The van der Waals surface area contributed by atoms with Gasteiger partial charge in [-0.25, -0.2) is 4.98 Å². The maximum Gasteiger partial charge on any atom is 0.0898 e. The summed E-state index contributed by atoms with van der Waals surface area (Å²) in [5, 5.41) is 8.85. The summed E-state index contributed by atoms with van der Waals surface area (Å²) in [6.07, 6.45) is 0. The van der Waals surface area contributed by atoms with E-state index in [0.29, 0.717) is 0 Å². The molecule has 2 rings (SSSR count). The molecule has 15 heavy (non-hydrogen) atoms. The summed E-state index contributed by atoms with van der Waals surface area (Å²) in [5.41, 5.74) is 1.14. The summed E-state index contributed by atoms with van der Waals surface area (Å²) in [6, 6.07) is 4.51. The van der Waals surface area contributed by atoms with Crippen molar-refractivity contribution in [3.8, 4) is 0 Å². The Kier molecular flexibility index (Phi) is 3.51. The number of hydrogen-bond acceptors (Lipinski definition) is 4. The molecule has 0 spiro atoms. The van der Waals surface area contributed by atoms with Gasteiger partial charge in [0, 0.05) is 10.3 Å². The van der Waals surface area contributed by atoms with Crippen LogP contribution in [0, 0.1) is 6.92 Å². The largest absolute Gasteiger partial charge is 0.305 e. The first kappa shape index (κ1) is 10.8. The zero-order valence-electron chi connectivity index (χ0n) is 8.86. The van der Waals surface area contributed by atoms with Crippen molar-refractivity contribution in [1.29, 1.82) is 0 Å². The number of aromatic nitrogens is 1. The minimum atomic E-state index is 0.264. The van der Waals surface area contributed by atoms with E-state index in [1.165, 1.54) is 4.88 Å². The normalized spacial score (nSPS) is 12.9. The Labute approximate surface area is 98.0 Å². The molecule has 1 unspecified atom stereocenters. The second-order valence-corrected chi connectivity index (χ2v) is 5.34. The molecule has 2 nitrogen and oxygen atoms in total.